The first kappa shape index (κ1) is 16.0. The highest BCUT2D eigenvalue weighted by atomic mass is 19.1. The molecule has 3 nitrogen and oxygen atoms in total. The molecule has 1 fully saturated rings. The fourth-order valence-electron chi connectivity index (χ4n) is 3.09. The SMILES string of the molecule is Cc1ccc(C2C(N)CCCC(=O)N2C(C)(C)C)cc1F. The molecule has 4 heteroatoms. The number of nitrogens with two attached hydrogens (primary N) is 1. The molecular weight excluding hydrogens is 267 g/mol. The van der Waals surface area contributed by atoms with E-state index >= 15 is 0 Å². The summed E-state index contributed by atoms with van der Waals surface area (Å²) >= 11 is 0. The van der Waals surface area contributed by atoms with Gasteiger partial charge in [0.25, 0.3) is 0 Å². The maximum atomic E-state index is 13.9. The van der Waals surface area contributed by atoms with E-state index in [1.807, 2.05) is 31.7 Å². The average Bonchev–Trinajstić information content (AvgIpc) is 2.51. The fraction of sp³-hybridized carbons (Fsp3) is 0.588. The molecule has 2 atom stereocenters. The lowest BCUT2D eigenvalue weighted by atomic mass is 9.92. The number of halogens is 1. The number of benzene rings is 1. The van der Waals surface area contributed by atoms with Crippen LogP contribution in [0.2, 0.25) is 0 Å². The van der Waals surface area contributed by atoms with Crippen molar-refractivity contribution in [2.75, 3.05) is 0 Å². The van der Waals surface area contributed by atoms with Gasteiger partial charge in [-0.3, -0.25) is 4.79 Å². The number of aryl methyl sites for hydroxylation is 1. The molecular formula is C17H25FN2O. The smallest absolute Gasteiger partial charge is 0.223 e. The molecule has 1 aliphatic rings. The third kappa shape index (κ3) is 3.26. The summed E-state index contributed by atoms with van der Waals surface area (Å²) < 4.78 is 13.9. The summed E-state index contributed by atoms with van der Waals surface area (Å²) in [6.45, 7) is 7.74. The molecule has 2 rings (SSSR count). The number of rotatable bonds is 1. The Morgan fingerprint density at radius 1 is 1.33 bits per heavy atom. The van der Waals surface area contributed by atoms with Gasteiger partial charge in [-0.05, 0) is 57.7 Å². The molecule has 1 aliphatic heterocycles. The summed E-state index contributed by atoms with van der Waals surface area (Å²) in [7, 11) is 0. The molecule has 1 saturated heterocycles. The van der Waals surface area contributed by atoms with Crippen molar-refractivity contribution in [2.45, 2.75) is 64.6 Å². The summed E-state index contributed by atoms with van der Waals surface area (Å²) in [5.41, 5.74) is 7.38. The number of carbonyl (C=O) groups excluding carboxylic acids is 1. The number of hydrogen-bond acceptors (Lipinski definition) is 2. The van der Waals surface area contributed by atoms with Crippen LogP contribution < -0.4 is 5.73 Å². The van der Waals surface area contributed by atoms with Gasteiger partial charge in [-0.2, -0.15) is 0 Å². The normalized spacial score (nSPS) is 24.1. The summed E-state index contributed by atoms with van der Waals surface area (Å²) in [5, 5.41) is 0. The van der Waals surface area contributed by atoms with Crippen LogP contribution in [0.15, 0.2) is 18.2 Å². The van der Waals surface area contributed by atoms with Crippen LogP contribution in [0, 0.1) is 12.7 Å². The second-order valence-corrected chi connectivity index (χ2v) is 6.94. The van der Waals surface area contributed by atoms with E-state index in [-0.39, 0.29) is 29.3 Å². The van der Waals surface area contributed by atoms with Crippen LogP contribution in [0.4, 0.5) is 4.39 Å². The van der Waals surface area contributed by atoms with Gasteiger partial charge in [-0.25, -0.2) is 4.39 Å². The number of hydrogen-bond donors (Lipinski definition) is 1. The molecule has 1 amide bonds. The minimum atomic E-state index is -0.342. The van der Waals surface area contributed by atoms with Crippen molar-refractivity contribution in [3.63, 3.8) is 0 Å². The van der Waals surface area contributed by atoms with Gasteiger partial charge >= 0.3 is 0 Å². The molecule has 0 aliphatic carbocycles. The fourth-order valence-corrected chi connectivity index (χ4v) is 3.09. The van der Waals surface area contributed by atoms with Gasteiger partial charge in [-0.1, -0.05) is 12.1 Å². The topological polar surface area (TPSA) is 46.3 Å². The summed E-state index contributed by atoms with van der Waals surface area (Å²) in [5.74, 6) is -0.147. The van der Waals surface area contributed by atoms with Crippen LogP contribution in [-0.4, -0.2) is 22.4 Å². The number of nitrogens with zero attached hydrogens (tertiary/aromatic N) is 1. The highest BCUT2D eigenvalue weighted by molar-refractivity contribution is 5.78. The van der Waals surface area contributed by atoms with Gasteiger partial charge in [0.1, 0.15) is 5.82 Å². The Labute approximate surface area is 126 Å². The second kappa shape index (κ2) is 5.76. The number of carbonyl (C=O) groups is 1. The average molecular weight is 292 g/mol. The van der Waals surface area contributed by atoms with Gasteiger partial charge in [0.05, 0.1) is 6.04 Å². The molecule has 0 radical (unpaired) electrons. The van der Waals surface area contributed by atoms with Crippen LogP contribution in [0.25, 0.3) is 0 Å². The van der Waals surface area contributed by atoms with Gasteiger partial charge in [0, 0.05) is 18.0 Å². The molecule has 1 aromatic carbocycles. The first-order valence-electron chi connectivity index (χ1n) is 7.55. The molecule has 0 bridgehead atoms. The minimum Gasteiger partial charge on any atom is -0.329 e. The zero-order valence-electron chi connectivity index (χ0n) is 13.3. The monoisotopic (exact) mass is 292 g/mol. The van der Waals surface area contributed by atoms with E-state index < -0.39 is 0 Å². The lowest BCUT2D eigenvalue weighted by Gasteiger charge is -2.43. The van der Waals surface area contributed by atoms with Crippen molar-refractivity contribution in [3.8, 4) is 0 Å². The van der Waals surface area contributed by atoms with Gasteiger partial charge in [-0.15, -0.1) is 0 Å². The Bertz CT molecular complexity index is 536. The van der Waals surface area contributed by atoms with Gasteiger partial charge in [0.2, 0.25) is 5.91 Å². The van der Waals surface area contributed by atoms with Crippen LogP contribution in [0.5, 0.6) is 0 Å². The zero-order chi connectivity index (χ0) is 15.8. The Morgan fingerprint density at radius 2 is 2.00 bits per heavy atom. The number of amides is 1. The standard InChI is InChI=1S/C17H25FN2O/c1-11-8-9-12(10-13(11)18)16-14(19)6-5-7-15(21)20(16)17(2,3)4/h8-10,14,16H,5-7,19H2,1-4H3. The maximum absolute atomic E-state index is 13.9. The lowest BCUT2D eigenvalue weighted by molar-refractivity contribution is -0.139. The summed E-state index contributed by atoms with van der Waals surface area (Å²) in [6.07, 6.45) is 2.08. The molecule has 0 saturated carbocycles. The Kier molecular flexibility index (Phi) is 4.38. The van der Waals surface area contributed by atoms with Crippen LogP contribution >= 0.6 is 0 Å². The molecule has 1 aromatic rings. The predicted octanol–water partition coefficient (Wildman–Crippen LogP) is 3.31. The Hall–Kier alpha value is -1.42. The molecule has 2 unspecified atom stereocenters. The third-order valence-corrected chi connectivity index (χ3v) is 4.14. The largest absolute Gasteiger partial charge is 0.329 e. The summed E-state index contributed by atoms with van der Waals surface area (Å²) in [6, 6.07) is 4.73. The predicted molar refractivity (Wildman–Crippen MR) is 82.3 cm³/mol. The van der Waals surface area contributed by atoms with E-state index in [2.05, 4.69) is 0 Å². The van der Waals surface area contributed by atoms with Crippen molar-refractivity contribution in [1.82, 2.24) is 4.90 Å². The molecule has 0 spiro atoms. The summed E-state index contributed by atoms with van der Waals surface area (Å²) in [4.78, 5) is 14.4. The van der Waals surface area contributed by atoms with E-state index in [1.54, 1.807) is 13.0 Å². The van der Waals surface area contributed by atoms with Gasteiger partial charge in [0.15, 0.2) is 0 Å². The number of likely N-dealkylation sites (tertiary alicyclic amines) is 1. The van der Waals surface area contributed by atoms with Crippen molar-refractivity contribution in [3.05, 3.63) is 35.1 Å². The van der Waals surface area contributed by atoms with Crippen molar-refractivity contribution >= 4 is 5.91 Å². The molecule has 116 valence electrons. The van der Waals surface area contributed by atoms with E-state index in [9.17, 15) is 9.18 Å². The second-order valence-electron chi connectivity index (χ2n) is 6.94. The Balaban J connectivity index is 2.51. The first-order chi connectivity index (χ1) is 9.71. The minimum absolute atomic E-state index is 0.0985. The molecule has 21 heavy (non-hydrogen) atoms. The zero-order valence-corrected chi connectivity index (χ0v) is 13.3. The van der Waals surface area contributed by atoms with Gasteiger partial charge < -0.3 is 10.6 Å². The van der Waals surface area contributed by atoms with Crippen molar-refractivity contribution in [2.24, 2.45) is 5.73 Å². The van der Waals surface area contributed by atoms with E-state index in [4.69, 9.17) is 5.73 Å². The lowest BCUT2D eigenvalue weighted by Crippen LogP contribution is -2.51. The molecule has 2 N–H and O–H groups in total. The quantitative estimate of drug-likeness (QED) is 0.863. The first-order valence-corrected chi connectivity index (χ1v) is 7.55. The van der Waals surface area contributed by atoms with E-state index in [0.29, 0.717) is 12.0 Å². The van der Waals surface area contributed by atoms with Crippen LogP contribution in [0.3, 0.4) is 0 Å². The maximum Gasteiger partial charge on any atom is 0.223 e. The highest BCUT2D eigenvalue weighted by Crippen LogP contribution is 2.35. The van der Waals surface area contributed by atoms with Crippen LogP contribution in [0.1, 0.15) is 57.2 Å². The third-order valence-electron chi connectivity index (χ3n) is 4.14. The van der Waals surface area contributed by atoms with Crippen molar-refractivity contribution in [1.29, 1.82) is 0 Å². The van der Waals surface area contributed by atoms with E-state index in [1.165, 1.54) is 6.07 Å². The van der Waals surface area contributed by atoms with Crippen LogP contribution in [-0.2, 0) is 4.79 Å². The molecule has 0 aromatic heterocycles. The Morgan fingerprint density at radius 3 is 2.57 bits per heavy atom. The molecule has 1 heterocycles. The van der Waals surface area contributed by atoms with Crippen molar-refractivity contribution < 1.29 is 9.18 Å². The van der Waals surface area contributed by atoms with E-state index in [0.717, 1.165) is 18.4 Å². The highest BCUT2D eigenvalue weighted by Gasteiger charge is 2.39.